The smallest absolute Gasteiger partial charge is 0.422 e. The van der Waals surface area contributed by atoms with Crippen LogP contribution in [0.25, 0.3) is 0 Å². The lowest BCUT2D eigenvalue weighted by Gasteiger charge is -2.10. The molecule has 0 atom stereocenters. The third kappa shape index (κ3) is 6.13. The molecule has 29 heavy (non-hydrogen) atoms. The normalized spacial score (nSPS) is 11.3. The van der Waals surface area contributed by atoms with Crippen LogP contribution in [0.1, 0.15) is 15.9 Å². The molecule has 3 aromatic rings. The Hall–Kier alpha value is -2.71. The second kappa shape index (κ2) is 8.75. The Labute approximate surface area is 174 Å². The molecule has 0 unspecified atom stereocenters. The Morgan fingerprint density at radius 3 is 2.62 bits per heavy atom. The summed E-state index contributed by atoms with van der Waals surface area (Å²) in [5.74, 6) is -0.293. The molecular formula is C19H14Cl2F3N3O2. The van der Waals surface area contributed by atoms with E-state index in [1.807, 2.05) is 0 Å². The van der Waals surface area contributed by atoms with Crippen molar-refractivity contribution < 1.29 is 22.7 Å². The van der Waals surface area contributed by atoms with Gasteiger partial charge < -0.3 is 10.1 Å². The van der Waals surface area contributed by atoms with Crippen molar-refractivity contribution in [3.8, 4) is 5.75 Å². The fraction of sp³-hybridized carbons (Fsp3) is 0.158. The highest BCUT2D eigenvalue weighted by atomic mass is 35.5. The van der Waals surface area contributed by atoms with Gasteiger partial charge in [-0.05, 0) is 35.9 Å². The lowest BCUT2D eigenvalue weighted by atomic mass is 10.2. The van der Waals surface area contributed by atoms with E-state index < -0.39 is 18.7 Å². The number of carbonyl (C=O) groups excluding carboxylic acids is 1. The molecule has 152 valence electrons. The van der Waals surface area contributed by atoms with Crippen LogP contribution in [0, 0.1) is 0 Å². The van der Waals surface area contributed by atoms with Crippen molar-refractivity contribution in [2.75, 3.05) is 11.9 Å². The number of benzene rings is 2. The minimum Gasteiger partial charge on any atom is -0.484 e. The number of nitrogens with zero attached hydrogens (tertiary/aromatic N) is 2. The molecule has 0 radical (unpaired) electrons. The van der Waals surface area contributed by atoms with E-state index in [9.17, 15) is 18.0 Å². The van der Waals surface area contributed by atoms with Crippen LogP contribution in [0.2, 0.25) is 10.0 Å². The van der Waals surface area contributed by atoms with Crippen LogP contribution in [0.3, 0.4) is 0 Å². The van der Waals surface area contributed by atoms with Gasteiger partial charge >= 0.3 is 6.18 Å². The molecule has 1 heterocycles. The van der Waals surface area contributed by atoms with E-state index in [1.54, 1.807) is 35.1 Å². The van der Waals surface area contributed by atoms with Gasteiger partial charge in [0.05, 0.1) is 16.6 Å². The zero-order valence-corrected chi connectivity index (χ0v) is 16.2. The molecule has 0 fully saturated rings. The lowest BCUT2D eigenvalue weighted by molar-refractivity contribution is -0.153. The van der Waals surface area contributed by atoms with E-state index in [0.717, 1.165) is 5.56 Å². The van der Waals surface area contributed by atoms with Crippen LogP contribution in [0.15, 0.2) is 54.7 Å². The molecular weight excluding hydrogens is 430 g/mol. The van der Waals surface area contributed by atoms with Crippen molar-refractivity contribution >= 4 is 34.9 Å². The van der Waals surface area contributed by atoms with Crippen molar-refractivity contribution in [3.05, 3.63) is 75.9 Å². The summed E-state index contributed by atoms with van der Waals surface area (Å²) in [6.07, 6.45) is -2.79. The second-order valence-electron chi connectivity index (χ2n) is 6.03. The van der Waals surface area contributed by atoms with Crippen LogP contribution >= 0.6 is 23.2 Å². The first kappa shape index (κ1) is 21.0. The molecule has 5 nitrogen and oxygen atoms in total. The van der Waals surface area contributed by atoms with E-state index in [4.69, 9.17) is 23.2 Å². The van der Waals surface area contributed by atoms with Crippen LogP contribution < -0.4 is 10.1 Å². The molecule has 10 heteroatoms. The molecule has 0 saturated carbocycles. The molecule has 1 aromatic heterocycles. The molecule has 0 saturated heterocycles. The van der Waals surface area contributed by atoms with Crippen molar-refractivity contribution in [3.63, 3.8) is 0 Å². The van der Waals surface area contributed by atoms with Gasteiger partial charge in [-0.15, -0.1) is 0 Å². The zero-order valence-electron chi connectivity index (χ0n) is 14.7. The summed E-state index contributed by atoms with van der Waals surface area (Å²) in [6.45, 7) is -1.02. The molecule has 0 bridgehead atoms. The Kier molecular flexibility index (Phi) is 6.34. The number of aromatic nitrogens is 2. The highest BCUT2D eigenvalue weighted by Crippen LogP contribution is 2.23. The fourth-order valence-corrected chi connectivity index (χ4v) is 2.74. The van der Waals surface area contributed by atoms with Crippen LogP contribution in [-0.2, 0) is 6.54 Å². The third-order valence-corrected chi connectivity index (χ3v) is 4.45. The monoisotopic (exact) mass is 443 g/mol. The molecule has 0 aliphatic heterocycles. The van der Waals surface area contributed by atoms with Gasteiger partial charge in [0.1, 0.15) is 5.75 Å². The minimum atomic E-state index is -4.46. The number of anilines is 1. The quantitative estimate of drug-likeness (QED) is 0.552. The number of amides is 1. The number of nitrogens with one attached hydrogen (secondary N) is 1. The van der Waals surface area contributed by atoms with Gasteiger partial charge in [0, 0.05) is 17.8 Å². The van der Waals surface area contributed by atoms with Crippen LogP contribution in [0.5, 0.6) is 5.75 Å². The average Bonchev–Trinajstić information content (AvgIpc) is 3.09. The van der Waals surface area contributed by atoms with Gasteiger partial charge in [0.15, 0.2) is 12.4 Å². The van der Waals surface area contributed by atoms with E-state index in [1.165, 1.54) is 24.3 Å². The van der Waals surface area contributed by atoms with E-state index >= 15 is 0 Å². The molecule has 0 aliphatic carbocycles. The van der Waals surface area contributed by atoms with Gasteiger partial charge in [-0.2, -0.15) is 18.3 Å². The summed E-state index contributed by atoms with van der Waals surface area (Å²) in [4.78, 5) is 12.3. The molecule has 0 spiro atoms. The Morgan fingerprint density at radius 2 is 1.90 bits per heavy atom. The maximum atomic E-state index is 12.3. The summed E-state index contributed by atoms with van der Waals surface area (Å²) in [7, 11) is 0. The summed E-state index contributed by atoms with van der Waals surface area (Å²) < 4.78 is 43.0. The fourth-order valence-electron chi connectivity index (χ4n) is 2.42. The Balaban J connectivity index is 1.63. The first-order valence-electron chi connectivity index (χ1n) is 8.28. The average molecular weight is 444 g/mol. The first-order valence-corrected chi connectivity index (χ1v) is 9.03. The molecule has 1 N–H and O–H groups in total. The number of rotatable bonds is 6. The third-order valence-electron chi connectivity index (χ3n) is 3.71. The summed E-state index contributed by atoms with van der Waals surface area (Å²) in [5, 5.41) is 7.71. The predicted molar refractivity (Wildman–Crippen MR) is 104 cm³/mol. The standard InChI is InChI=1S/C19H14Cl2F3N3O2/c20-15-5-4-12(8-16(15)21)10-27-7-6-17(26-27)25-18(28)13-2-1-3-14(9-13)29-11-19(22,23)24/h1-9H,10-11H2,(H,25,26,28). The van der Waals surface area contributed by atoms with Crippen molar-refractivity contribution in [2.24, 2.45) is 0 Å². The number of halogens is 5. The topological polar surface area (TPSA) is 56.2 Å². The maximum absolute atomic E-state index is 12.3. The Morgan fingerprint density at radius 1 is 1.10 bits per heavy atom. The molecule has 2 aromatic carbocycles. The van der Waals surface area contributed by atoms with E-state index in [0.29, 0.717) is 16.6 Å². The second-order valence-corrected chi connectivity index (χ2v) is 6.85. The molecule has 0 aliphatic rings. The number of ether oxygens (including phenoxy) is 1. The molecule has 1 amide bonds. The van der Waals surface area contributed by atoms with Gasteiger partial charge in [0.25, 0.3) is 5.91 Å². The summed E-state index contributed by atoms with van der Waals surface area (Å²) in [5.41, 5.74) is 1.01. The van der Waals surface area contributed by atoms with Crippen molar-refractivity contribution in [1.82, 2.24) is 9.78 Å². The summed E-state index contributed by atoms with van der Waals surface area (Å²) in [6, 6.07) is 12.3. The minimum absolute atomic E-state index is 0.0554. The van der Waals surface area contributed by atoms with Crippen LogP contribution in [-0.4, -0.2) is 28.5 Å². The highest BCUT2D eigenvalue weighted by molar-refractivity contribution is 6.42. The van der Waals surface area contributed by atoms with Gasteiger partial charge in [-0.1, -0.05) is 35.3 Å². The maximum Gasteiger partial charge on any atom is 0.422 e. The van der Waals surface area contributed by atoms with E-state index in [-0.39, 0.29) is 17.1 Å². The van der Waals surface area contributed by atoms with E-state index in [2.05, 4.69) is 15.2 Å². The van der Waals surface area contributed by atoms with Gasteiger partial charge in [-0.25, -0.2) is 0 Å². The number of carbonyl (C=O) groups is 1. The lowest BCUT2D eigenvalue weighted by Crippen LogP contribution is -2.19. The van der Waals surface area contributed by atoms with Crippen LogP contribution in [0.4, 0.5) is 19.0 Å². The number of hydrogen-bond acceptors (Lipinski definition) is 3. The van der Waals surface area contributed by atoms with Crippen molar-refractivity contribution in [2.45, 2.75) is 12.7 Å². The van der Waals surface area contributed by atoms with Gasteiger partial charge in [-0.3, -0.25) is 9.48 Å². The molecule has 3 rings (SSSR count). The van der Waals surface area contributed by atoms with Crippen molar-refractivity contribution in [1.29, 1.82) is 0 Å². The predicted octanol–water partition coefficient (Wildman–Crippen LogP) is 5.43. The highest BCUT2D eigenvalue weighted by Gasteiger charge is 2.28. The number of hydrogen-bond donors (Lipinski definition) is 1. The Bertz CT molecular complexity index is 1020. The summed E-state index contributed by atoms with van der Waals surface area (Å²) >= 11 is 11.9. The largest absolute Gasteiger partial charge is 0.484 e. The zero-order chi connectivity index (χ0) is 21.0. The number of alkyl halides is 3. The SMILES string of the molecule is O=C(Nc1ccn(Cc2ccc(Cl)c(Cl)c2)n1)c1cccc(OCC(F)(F)F)c1. The van der Waals surface area contributed by atoms with Gasteiger partial charge in [0.2, 0.25) is 0 Å². The first-order chi connectivity index (χ1) is 13.7.